The summed E-state index contributed by atoms with van der Waals surface area (Å²) >= 11 is 0. The van der Waals surface area contributed by atoms with Crippen LogP contribution in [0.5, 0.6) is 0 Å². The lowest BCUT2D eigenvalue weighted by Gasteiger charge is -2.43. The SMILES string of the molecule is CC[C@@H](C/C=C\NC(=O)[C@@H](NC(=O)OC(C)(C)C)C(C)(C)C)CC(C)(C)[Si](O)(c1ccccc1)c1ccccc1. The van der Waals surface area contributed by atoms with Gasteiger partial charge in [-0.25, -0.2) is 4.79 Å². The van der Waals surface area contributed by atoms with Gasteiger partial charge in [0.05, 0.1) is 0 Å². The van der Waals surface area contributed by atoms with Crippen LogP contribution in [0.25, 0.3) is 0 Å². The molecule has 0 bridgehead atoms. The Labute approximate surface area is 242 Å². The second-order valence-electron chi connectivity index (χ2n) is 13.4. The van der Waals surface area contributed by atoms with E-state index in [2.05, 4.69) is 31.4 Å². The second-order valence-corrected chi connectivity index (χ2v) is 17.3. The topological polar surface area (TPSA) is 87.7 Å². The van der Waals surface area contributed by atoms with Crippen LogP contribution in [-0.4, -0.2) is 36.8 Å². The van der Waals surface area contributed by atoms with E-state index < -0.39 is 31.5 Å². The van der Waals surface area contributed by atoms with E-state index in [1.807, 2.05) is 87.5 Å². The summed E-state index contributed by atoms with van der Waals surface area (Å²) < 4.78 is 5.36. The zero-order valence-electron chi connectivity index (χ0n) is 25.9. The molecule has 0 radical (unpaired) electrons. The average molecular weight is 567 g/mol. The van der Waals surface area contributed by atoms with Crippen molar-refractivity contribution in [2.45, 2.75) is 98.3 Å². The van der Waals surface area contributed by atoms with Crippen LogP contribution in [0.15, 0.2) is 72.9 Å². The standard InChI is InChI=1S/C33H50N2O4Si/c1-10-25(18-17-23-34-29(36)28(31(2,3)4)35-30(37)39-32(5,6)7)24-33(8,9)40(38,26-19-13-11-14-20-26)27-21-15-12-16-22-27/h11-17,19-23,25,28,38H,10,18,24H2,1-9H3,(H,34,36)(H,35,37)/b23-17-/t25-,28+/m0/s1. The number of hydrogen-bond donors (Lipinski definition) is 3. The second kappa shape index (κ2) is 13.6. The molecular formula is C33H50N2O4Si. The Morgan fingerprint density at radius 3 is 1.82 bits per heavy atom. The molecule has 0 unspecified atom stereocenters. The molecular weight excluding hydrogens is 516 g/mol. The zero-order valence-corrected chi connectivity index (χ0v) is 26.9. The molecule has 0 saturated carbocycles. The maximum absolute atomic E-state index is 13.0. The van der Waals surface area contributed by atoms with Gasteiger partial charge in [-0.15, -0.1) is 0 Å². The summed E-state index contributed by atoms with van der Waals surface area (Å²) in [4.78, 5) is 37.8. The van der Waals surface area contributed by atoms with Gasteiger partial charge in [-0.1, -0.05) is 115 Å². The fourth-order valence-electron chi connectivity index (χ4n) is 5.16. The number of nitrogens with one attached hydrogen (secondary N) is 2. The van der Waals surface area contributed by atoms with E-state index in [0.29, 0.717) is 5.92 Å². The van der Waals surface area contributed by atoms with Crippen molar-refractivity contribution in [3.63, 3.8) is 0 Å². The Bertz CT molecular complexity index is 1080. The molecule has 0 saturated heterocycles. The number of alkyl carbamates (subject to hydrolysis) is 1. The molecule has 0 heterocycles. The van der Waals surface area contributed by atoms with Gasteiger partial charge in [0.2, 0.25) is 5.91 Å². The largest absolute Gasteiger partial charge is 0.444 e. The summed E-state index contributed by atoms with van der Waals surface area (Å²) in [7, 11) is -3.09. The van der Waals surface area contributed by atoms with Gasteiger partial charge < -0.3 is 20.2 Å². The van der Waals surface area contributed by atoms with Crippen molar-refractivity contribution in [1.29, 1.82) is 0 Å². The number of ether oxygens (including phenoxy) is 1. The van der Waals surface area contributed by atoms with Crippen molar-refractivity contribution in [2.75, 3.05) is 0 Å². The van der Waals surface area contributed by atoms with Gasteiger partial charge in [0.25, 0.3) is 8.32 Å². The van der Waals surface area contributed by atoms with Crippen LogP contribution >= 0.6 is 0 Å². The van der Waals surface area contributed by atoms with E-state index in [1.165, 1.54) is 0 Å². The lowest BCUT2D eigenvalue weighted by molar-refractivity contribution is -0.124. The zero-order chi connectivity index (χ0) is 30.2. The predicted octanol–water partition coefficient (Wildman–Crippen LogP) is 5.89. The molecule has 0 aromatic heterocycles. The van der Waals surface area contributed by atoms with E-state index >= 15 is 0 Å². The molecule has 40 heavy (non-hydrogen) atoms. The summed E-state index contributed by atoms with van der Waals surface area (Å²) in [6, 6.07) is 19.4. The normalized spacial score (nSPS) is 14.4. The first-order chi connectivity index (χ1) is 18.5. The number of carbonyl (C=O) groups excluding carboxylic acids is 2. The average Bonchev–Trinajstić information content (AvgIpc) is 2.87. The number of rotatable bonds is 11. The molecule has 0 spiro atoms. The summed E-state index contributed by atoms with van der Waals surface area (Å²) in [5.74, 6) is 0.0193. The van der Waals surface area contributed by atoms with Gasteiger partial charge in [-0.05, 0) is 66.6 Å². The first-order valence-electron chi connectivity index (χ1n) is 14.3. The van der Waals surface area contributed by atoms with Crippen molar-refractivity contribution in [2.24, 2.45) is 11.3 Å². The Hall–Kier alpha value is -2.90. The molecule has 2 rings (SSSR count). The highest BCUT2D eigenvalue weighted by molar-refractivity contribution is 6.98. The van der Waals surface area contributed by atoms with Gasteiger partial charge >= 0.3 is 6.09 Å². The lowest BCUT2D eigenvalue weighted by atomic mass is 9.86. The minimum absolute atomic E-state index is 0.294. The van der Waals surface area contributed by atoms with Gasteiger partial charge in [0.15, 0.2) is 0 Å². The predicted molar refractivity (Wildman–Crippen MR) is 167 cm³/mol. The van der Waals surface area contributed by atoms with Crippen LogP contribution < -0.4 is 21.0 Å². The monoisotopic (exact) mass is 566 g/mol. The van der Waals surface area contributed by atoms with Crippen LogP contribution in [-0.2, 0) is 9.53 Å². The van der Waals surface area contributed by atoms with Gasteiger partial charge in [-0.3, -0.25) is 4.79 Å². The molecule has 3 N–H and O–H groups in total. The quantitative estimate of drug-likeness (QED) is 0.296. The van der Waals surface area contributed by atoms with Crippen molar-refractivity contribution in [3.05, 3.63) is 72.9 Å². The Morgan fingerprint density at radius 2 is 1.40 bits per heavy atom. The maximum atomic E-state index is 13.0. The molecule has 2 aromatic rings. The first-order valence-corrected chi connectivity index (χ1v) is 16.2. The molecule has 0 aliphatic rings. The maximum Gasteiger partial charge on any atom is 0.408 e. The first kappa shape index (κ1) is 33.3. The van der Waals surface area contributed by atoms with Crippen LogP contribution in [0.4, 0.5) is 4.79 Å². The third-order valence-corrected chi connectivity index (χ3v) is 11.8. The van der Waals surface area contributed by atoms with E-state index in [-0.39, 0.29) is 10.9 Å². The molecule has 7 heteroatoms. The molecule has 0 aliphatic carbocycles. The molecule has 220 valence electrons. The number of hydrogen-bond acceptors (Lipinski definition) is 4. The molecule has 0 aliphatic heterocycles. The molecule has 2 atom stereocenters. The van der Waals surface area contributed by atoms with E-state index in [1.54, 1.807) is 27.0 Å². The number of carbonyl (C=O) groups is 2. The van der Waals surface area contributed by atoms with Crippen molar-refractivity contribution in [3.8, 4) is 0 Å². The Kier molecular flexibility index (Phi) is 11.4. The van der Waals surface area contributed by atoms with E-state index in [4.69, 9.17) is 4.74 Å². The van der Waals surface area contributed by atoms with Crippen molar-refractivity contribution < 1.29 is 19.1 Å². The summed E-state index contributed by atoms with van der Waals surface area (Å²) in [5.41, 5.74) is -1.16. The summed E-state index contributed by atoms with van der Waals surface area (Å²) in [6.45, 7) is 17.6. The summed E-state index contributed by atoms with van der Waals surface area (Å²) in [6.07, 6.45) is 5.56. The van der Waals surface area contributed by atoms with Crippen LogP contribution in [0.3, 0.4) is 0 Å². The van der Waals surface area contributed by atoms with E-state index in [9.17, 15) is 14.4 Å². The third-order valence-electron chi connectivity index (χ3n) is 7.34. The molecule has 2 aromatic carbocycles. The minimum Gasteiger partial charge on any atom is -0.444 e. The van der Waals surface area contributed by atoms with Gasteiger partial charge in [-0.2, -0.15) is 0 Å². The fourth-order valence-corrected chi connectivity index (χ4v) is 8.99. The number of benzene rings is 2. The van der Waals surface area contributed by atoms with Gasteiger partial charge in [0.1, 0.15) is 11.6 Å². The van der Waals surface area contributed by atoms with Crippen molar-refractivity contribution in [1.82, 2.24) is 10.6 Å². The minimum atomic E-state index is -3.09. The number of allylic oxidation sites excluding steroid dienone is 1. The highest BCUT2D eigenvalue weighted by Crippen LogP contribution is 2.43. The molecule has 0 fully saturated rings. The highest BCUT2D eigenvalue weighted by atomic mass is 28.4. The van der Waals surface area contributed by atoms with Crippen LogP contribution in [0.2, 0.25) is 5.04 Å². The van der Waals surface area contributed by atoms with Gasteiger partial charge in [0, 0.05) is 0 Å². The molecule has 2 amide bonds. The smallest absolute Gasteiger partial charge is 0.408 e. The number of amides is 2. The fraction of sp³-hybridized carbons (Fsp3) is 0.515. The highest BCUT2D eigenvalue weighted by Gasteiger charge is 2.50. The lowest BCUT2D eigenvalue weighted by Crippen LogP contribution is -2.65. The van der Waals surface area contributed by atoms with Crippen molar-refractivity contribution >= 4 is 30.7 Å². The Balaban J connectivity index is 2.14. The molecule has 6 nitrogen and oxygen atoms in total. The third kappa shape index (κ3) is 9.06. The Morgan fingerprint density at radius 1 is 0.900 bits per heavy atom. The van der Waals surface area contributed by atoms with Crippen LogP contribution in [0.1, 0.15) is 81.6 Å². The van der Waals surface area contributed by atoms with Crippen LogP contribution in [0, 0.1) is 11.3 Å². The van der Waals surface area contributed by atoms with E-state index in [0.717, 1.165) is 29.6 Å². The summed E-state index contributed by atoms with van der Waals surface area (Å²) in [5, 5.41) is 7.25.